The Labute approximate surface area is 150 Å². The summed E-state index contributed by atoms with van der Waals surface area (Å²) in [5.74, 6) is -0.599. The van der Waals surface area contributed by atoms with E-state index in [1.807, 2.05) is 24.3 Å². The van der Waals surface area contributed by atoms with Gasteiger partial charge in [-0.3, -0.25) is 9.59 Å². The lowest BCUT2D eigenvalue weighted by molar-refractivity contribution is -0.131. The molecular weight excluding hydrogens is 336 g/mol. The van der Waals surface area contributed by atoms with Gasteiger partial charge in [-0.05, 0) is 6.07 Å². The van der Waals surface area contributed by atoms with Crippen LogP contribution in [0.25, 0.3) is 10.9 Å². The minimum absolute atomic E-state index is 0.0794. The maximum Gasteiger partial charge on any atom is 0.410 e. The first-order valence-corrected chi connectivity index (χ1v) is 8.48. The molecule has 2 aliphatic rings. The number of para-hydroxylation sites is 1. The van der Waals surface area contributed by atoms with Gasteiger partial charge in [-0.2, -0.15) is 0 Å². The number of likely N-dealkylation sites (tertiary alicyclic amines) is 1. The molecule has 1 atom stereocenters. The van der Waals surface area contributed by atoms with Gasteiger partial charge in [-0.25, -0.2) is 4.79 Å². The third kappa shape index (κ3) is 2.58. The van der Waals surface area contributed by atoms with Gasteiger partial charge in [0.25, 0.3) is 5.91 Å². The summed E-state index contributed by atoms with van der Waals surface area (Å²) in [6.07, 6.45) is 1.91. The van der Waals surface area contributed by atoms with Crippen LogP contribution in [0.15, 0.2) is 30.5 Å². The number of hydrogen-bond acceptors (Lipinski definition) is 4. The van der Waals surface area contributed by atoms with Crippen molar-refractivity contribution in [3.05, 3.63) is 36.0 Å². The lowest BCUT2D eigenvalue weighted by Gasteiger charge is -2.22. The van der Waals surface area contributed by atoms with E-state index in [1.54, 1.807) is 22.7 Å². The molecule has 8 heteroatoms. The van der Waals surface area contributed by atoms with Crippen molar-refractivity contribution in [1.82, 2.24) is 14.4 Å². The number of primary amides is 1. The number of likely N-dealkylation sites (N-methyl/N-ethyl adjacent to an activating group) is 1. The lowest BCUT2D eigenvalue weighted by Crippen LogP contribution is -2.40. The van der Waals surface area contributed by atoms with E-state index in [-0.39, 0.29) is 18.5 Å². The van der Waals surface area contributed by atoms with E-state index in [0.717, 1.165) is 10.9 Å². The molecule has 136 valence electrons. The number of ether oxygens (including phenoxy) is 1. The summed E-state index contributed by atoms with van der Waals surface area (Å²) < 4.78 is 7.23. The normalized spacial score (nSPS) is 22.4. The number of nitrogens with zero attached hydrogens (tertiary/aromatic N) is 3. The molecular formula is C18H20N4O4. The minimum atomic E-state index is -0.599. The Bertz CT molecular complexity index is 921. The highest BCUT2D eigenvalue weighted by atomic mass is 16.6. The van der Waals surface area contributed by atoms with Crippen LogP contribution in [0.3, 0.4) is 0 Å². The van der Waals surface area contributed by atoms with Gasteiger partial charge in [0.2, 0.25) is 5.91 Å². The Morgan fingerprint density at radius 3 is 2.73 bits per heavy atom. The molecule has 4 rings (SSSR count). The largest absolute Gasteiger partial charge is 0.439 e. The average Bonchev–Trinajstić information content (AvgIpc) is 3.25. The van der Waals surface area contributed by atoms with Gasteiger partial charge in [0.15, 0.2) is 5.60 Å². The van der Waals surface area contributed by atoms with Gasteiger partial charge in [-0.1, -0.05) is 18.2 Å². The molecule has 2 fully saturated rings. The van der Waals surface area contributed by atoms with Crippen molar-refractivity contribution in [3.8, 4) is 0 Å². The molecule has 1 aromatic carbocycles. The van der Waals surface area contributed by atoms with Crippen molar-refractivity contribution in [2.45, 2.75) is 18.6 Å². The molecule has 26 heavy (non-hydrogen) atoms. The Kier molecular flexibility index (Phi) is 3.64. The predicted octanol–water partition coefficient (Wildman–Crippen LogP) is 0.793. The van der Waals surface area contributed by atoms with Crippen LogP contribution in [0.1, 0.15) is 16.8 Å². The fourth-order valence-corrected chi connectivity index (χ4v) is 3.88. The van der Waals surface area contributed by atoms with Crippen molar-refractivity contribution in [3.63, 3.8) is 0 Å². The second-order valence-corrected chi connectivity index (χ2v) is 7.02. The van der Waals surface area contributed by atoms with Crippen LogP contribution in [-0.4, -0.2) is 64.6 Å². The van der Waals surface area contributed by atoms with Gasteiger partial charge in [0.05, 0.1) is 18.7 Å². The molecule has 0 saturated carbocycles. The van der Waals surface area contributed by atoms with Gasteiger partial charge >= 0.3 is 6.09 Å². The van der Waals surface area contributed by atoms with Crippen LogP contribution in [0.2, 0.25) is 0 Å². The number of aromatic nitrogens is 1. The Balaban J connectivity index is 1.54. The van der Waals surface area contributed by atoms with E-state index in [0.29, 0.717) is 31.6 Å². The second kappa shape index (κ2) is 5.76. The molecule has 0 aliphatic carbocycles. The smallest absolute Gasteiger partial charge is 0.410 e. The first-order valence-electron chi connectivity index (χ1n) is 8.48. The SMILES string of the molecule is CN1CC2(CCN(C(=O)Cn3cc(C(N)=O)c4ccccc43)C2)OC1=O. The Hall–Kier alpha value is -3.03. The summed E-state index contributed by atoms with van der Waals surface area (Å²) in [7, 11) is 1.69. The van der Waals surface area contributed by atoms with Crippen LogP contribution in [0.4, 0.5) is 4.79 Å². The van der Waals surface area contributed by atoms with Gasteiger partial charge in [0.1, 0.15) is 6.54 Å². The van der Waals surface area contributed by atoms with E-state index in [1.165, 1.54) is 4.90 Å². The van der Waals surface area contributed by atoms with E-state index in [9.17, 15) is 14.4 Å². The molecule has 3 amide bonds. The topological polar surface area (TPSA) is 97.9 Å². The maximum atomic E-state index is 12.8. The summed E-state index contributed by atoms with van der Waals surface area (Å²) in [6.45, 7) is 1.53. The van der Waals surface area contributed by atoms with Crippen LogP contribution in [0, 0.1) is 0 Å². The molecule has 1 spiro atoms. The zero-order valence-corrected chi connectivity index (χ0v) is 14.5. The number of rotatable bonds is 3. The van der Waals surface area contributed by atoms with Crippen molar-refractivity contribution in [2.24, 2.45) is 5.73 Å². The number of benzene rings is 1. The van der Waals surface area contributed by atoms with Gasteiger partial charge in [0, 0.05) is 37.1 Å². The number of amides is 3. The first-order chi connectivity index (χ1) is 12.4. The van der Waals surface area contributed by atoms with Gasteiger partial charge < -0.3 is 24.8 Å². The maximum absolute atomic E-state index is 12.8. The van der Waals surface area contributed by atoms with Gasteiger partial charge in [-0.15, -0.1) is 0 Å². The highest BCUT2D eigenvalue weighted by Crippen LogP contribution is 2.32. The van der Waals surface area contributed by atoms with Crippen molar-refractivity contribution < 1.29 is 19.1 Å². The highest BCUT2D eigenvalue weighted by Gasteiger charge is 2.49. The second-order valence-electron chi connectivity index (χ2n) is 7.02. The third-order valence-corrected chi connectivity index (χ3v) is 5.17. The lowest BCUT2D eigenvalue weighted by atomic mass is 10.0. The monoisotopic (exact) mass is 356 g/mol. The predicted molar refractivity (Wildman–Crippen MR) is 93.5 cm³/mol. The van der Waals surface area contributed by atoms with Crippen LogP contribution in [-0.2, 0) is 16.1 Å². The highest BCUT2D eigenvalue weighted by molar-refractivity contribution is 6.06. The third-order valence-electron chi connectivity index (χ3n) is 5.17. The molecule has 2 aliphatic heterocycles. The summed E-state index contributed by atoms with van der Waals surface area (Å²) in [5, 5.41) is 0.733. The fraction of sp³-hybridized carbons (Fsp3) is 0.389. The first kappa shape index (κ1) is 16.4. The summed E-state index contributed by atoms with van der Waals surface area (Å²) in [4.78, 5) is 39.4. The number of hydrogen-bond donors (Lipinski definition) is 1. The van der Waals surface area contributed by atoms with E-state index in [2.05, 4.69) is 0 Å². The van der Waals surface area contributed by atoms with Crippen molar-refractivity contribution in [2.75, 3.05) is 26.7 Å². The molecule has 2 saturated heterocycles. The standard InChI is InChI=1S/C18H20N4O4/c1-20-10-18(26-17(20)25)6-7-21(11-18)15(23)9-22-8-13(16(19)24)12-4-2-3-5-14(12)22/h2-5,8H,6-7,9-11H2,1H3,(H2,19,24). The van der Waals surface area contributed by atoms with E-state index >= 15 is 0 Å². The van der Waals surface area contributed by atoms with E-state index < -0.39 is 11.5 Å². The molecule has 0 bridgehead atoms. The zero-order valence-electron chi connectivity index (χ0n) is 14.5. The zero-order chi connectivity index (χ0) is 18.5. The number of nitrogens with two attached hydrogens (primary N) is 1. The minimum Gasteiger partial charge on any atom is -0.439 e. The number of carbonyl (C=O) groups excluding carboxylic acids is 3. The van der Waals surface area contributed by atoms with Crippen molar-refractivity contribution >= 4 is 28.8 Å². The Morgan fingerprint density at radius 2 is 2.04 bits per heavy atom. The molecule has 8 nitrogen and oxygen atoms in total. The van der Waals surface area contributed by atoms with Crippen LogP contribution in [0.5, 0.6) is 0 Å². The fourth-order valence-electron chi connectivity index (χ4n) is 3.88. The molecule has 2 N–H and O–H groups in total. The molecule has 0 radical (unpaired) electrons. The average molecular weight is 356 g/mol. The van der Waals surface area contributed by atoms with Crippen LogP contribution >= 0.6 is 0 Å². The van der Waals surface area contributed by atoms with Crippen molar-refractivity contribution in [1.29, 1.82) is 0 Å². The number of carbonyl (C=O) groups is 3. The van der Waals surface area contributed by atoms with E-state index in [4.69, 9.17) is 10.5 Å². The summed E-state index contributed by atoms with van der Waals surface area (Å²) >= 11 is 0. The molecule has 3 heterocycles. The Morgan fingerprint density at radius 1 is 1.27 bits per heavy atom. The summed E-state index contributed by atoms with van der Waals surface area (Å²) in [6, 6.07) is 7.35. The molecule has 2 aromatic rings. The quantitative estimate of drug-likeness (QED) is 0.879. The number of fused-ring (bicyclic) bond motifs is 1. The molecule has 1 aromatic heterocycles. The molecule has 1 unspecified atom stereocenters. The summed E-state index contributed by atoms with van der Waals surface area (Å²) in [5.41, 5.74) is 6.04. The van der Waals surface area contributed by atoms with Crippen LogP contribution < -0.4 is 5.73 Å².